The molecule has 1 rings (SSSR count). The average molecular weight is 240 g/mol. The molecule has 0 amide bonds. The molecule has 0 radical (unpaired) electrons. The first-order valence-electron chi connectivity index (χ1n) is 3.32. The highest BCUT2D eigenvalue weighted by Gasteiger charge is 2.36. The maximum atomic E-state index is 12.3. The first-order chi connectivity index (χ1) is 6.36. The molecule has 1 nitrogen and oxygen atoms in total. The van der Waals surface area contributed by atoms with Crippen molar-refractivity contribution in [2.24, 2.45) is 0 Å². The van der Waals surface area contributed by atoms with E-state index in [1.807, 2.05) is 0 Å². The number of hydrogen-bond donors (Lipinski definition) is 0. The normalized spacial score (nSPS) is 11.1. The maximum absolute atomic E-state index is 12.3. The van der Waals surface area contributed by atoms with E-state index in [1.54, 1.807) is 0 Å². The van der Waals surface area contributed by atoms with E-state index in [0.717, 1.165) is 12.1 Å². The van der Waals surface area contributed by atoms with Gasteiger partial charge in [0.1, 0.15) is 0 Å². The zero-order chi connectivity index (χ0) is 10.9. The van der Waals surface area contributed by atoms with E-state index in [0.29, 0.717) is 0 Å². The maximum Gasteiger partial charge on any atom is 0.419 e. The Labute approximate surface area is 87.7 Å². The second kappa shape index (κ2) is 3.68. The Morgan fingerprint density at radius 1 is 1.21 bits per heavy atom. The molecule has 1 aromatic carbocycles. The lowest BCUT2D eigenvalue weighted by molar-refractivity contribution is -0.137. The van der Waals surface area contributed by atoms with Crippen LogP contribution in [0.2, 0.25) is 10.0 Å². The Hall–Kier alpha value is -0.920. The van der Waals surface area contributed by atoms with Gasteiger partial charge in [0.2, 0.25) is 0 Å². The highest BCUT2D eigenvalue weighted by Crippen LogP contribution is 2.38. The van der Waals surface area contributed by atoms with E-state index in [2.05, 4.69) is 0 Å². The number of alkyl halides is 3. The van der Waals surface area contributed by atoms with Crippen molar-refractivity contribution in [2.75, 3.05) is 0 Å². The van der Waals surface area contributed by atoms with Crippen LogP contribution >= 0.6 is 23.2 Å². The van der Waals surface area contributed by atoms with Crippen molar-refractivity contribution in [1.29, 1.82) is 5.26 Å². The Morgan fingerprint density at radius 2 is 1.79 bits per heavy atom. The third kappa shape index (κ3) is 2.11. The summed E-state index contributed by atoms with van der Waals surface area (Å²) < 4.78 is 37.0. The summed E-state index contributed by atoms with van der Waals surface area (Å²) >= 11 is 10.8. The fraction of sp³-hybridized carbons (Fsp3) is 0.125. The molecule has 0 fully saturated rings. The summed E-state index contributed by atoms with van der Waals surface area (Å²) in [5.41, 5.74) is -1.72. The van der Waals surface area contributed by atoms with Gasteiger partial charge in [-0.05, 0) is 12.1 Å². The van der Waals surface area contributed by atoms with Crippen LogP contribution in [0.25, 0.3) is 0 Å². The number of nitrogens with zero attached hydrogens (tertiary/aromatic N) is 1. The SMILES string of the molecule is N#Cc1cc(Cl)cc(Cl)c1C(F)(F)F. The molecule has 14 heavy (non-hydrogen) atoms. The van der Waals surface area contributed by atoms with Crippen molar-refractivity contribution >= 4 is 23.2 Å². The average Bonchev–Trinajstić information content (AvgIpc) is 1.99. The van der Waals surface area contributed by atoms with Gasteiger partial charge in [-0.15, -0.1) is 0 Å². The number of rotatable bonds is 0. The molecule has 0 atom stereocenters. The van der Waals surface area contributed by atoms with Crippen LogP contribution in [0, 0.1) is 11.3 Å². The van der Waals surface area contributed by atoms with Crippen LogP contribution < -0.4 is 0 Å². The van der Waals surface area contributed by atoms with Crippen molar-refractivity contribution < 1.29 is 13.2 Å². The van der Waals surface area contributed by atoms with Gasteiger partial charge in [-0.25, -0.2) is 0 Å². The van der Waals surface area contributed by atoms with Gasteiger partial charge in [-0.2, -0.15) is 18.4 Å². The number of halogens is 5. The quantitative estimate of drug-likeness (QED) is 0.674. The molecule has 0 spiro atoms. The molecule has 0 saturated carbocycles. The first-order valence-corrected chi connectivity index (χ1v) is 4.08. The van der Waals surface area contributed by atoms with Crippen LogP contribution in [-0.2, 0) is 6.18 Å². The second-order valence-corrected chi connectivity index (χ2v) is 3.26. The summed E-state index contributed by atoms with van der Waals surface area (Å²) in [6.45, 7) is 0. The zero-order valence-corrected chi connectivity index (χ0v) is 8.00. The van der Waals surface area contributed by atoms with Crippen molar-refractivity contribution in [3.63, 3.8) is 0 Å². The summed E-state index contributed by atoms with van der Waals surface area (Å²) in [6, 6.07) is 3.27. The van der Waals surface area contributed by atoms with Crippen LogP contribution in [0.5, 0.6) is 0 Å². The van der Waals surface area contributed by atoms with E-state index in [9.17, 15) is 13.2 Å². The van der Waals surface area contributed by atoms with E-state index >= 15 is 0 Å². The molecule has 74 valence electrons. The molecular weight excluding hydrogens is 238 g/mol. The van der Waals surface area contributed by atoms with E-state index in [1.165, 1.54) is 6.07 Å². The highest BCUT2D eigenvalue weighted by atomic mass is 35.5. The predicted octanol–water partition coefficient (Wildman–Crippen LogP) is 3.88. The van der Waals surface area contributed by atoms with Gasteiger partial charge in [0.25, 0.3) is 0 Å². The van der Waals surface area contributed by atoms with Crippen LogP contribution in [-0.4, -0.2) is 0 Å². The predicted molar refractivity (Wildman–Crippen MR) is 46.2 cm³/mol. The molecule has 0 aliphatic carbocycles. The lowest BCUT2D eigenvalue weighted by Crippen LogP contribution is -2.08. The molecule has 0 aliphatic rings. The Kier molecular flexibility index (Phi) is 2.93. The summed E-state index contributed by atoms with van der Waals surface area (Å²) in [5.74, 6) is 0. The number of hydrogen-bond acceptors (Lipinski definition) is 1. The molecular formula is C8H2Cl2F3N. The molecule has 0 aromatic heterocycles. The van der Waals surface area contributed by atoms with Crippen molar-refractivity contribution in [2.45, 2.75) is 6.18 Å². The standard InChI is InChI=1S/C8H2Cl2F3N/c9-5-1-4(3-14)7(6(10)2-5)8(11,12)13/h1-2H. The van der Waals surface area contributed by atoms with Gasteiger partial charge in [0.05, 0.1) is 22.2 Å². The molecule has 0 unspecified atom stereocenters. The van der Waals surface area contributed by atoms with Gasteiger partial charge in [0, 0.05) is 5.02 Å². The highest BCUT2D eigenvalue weighted by molar-refractivity contribution is 6.35. The van der Waals surface area contributed by atoms with E-state index in [4.69, 9.17) is 28.5 Å². The van der Waals surface area contributed by atoms with Crippen LogP contribution in [0.1, 0.15) is 11.1 Å². The lowest BCUT2D eigenvalue weighted by atomic mass is 10.1. The number of nitriles is 1. The summed E-state index contributed by atoms with van der Waals surface area (Å²) in [5, 5.41) is 7.89. The Bertz CT molecular complexity index is 406. The minimum Gasteiger partial charge on any atom is -0.192 e. The van der Waals surface area contributed by atoms with Gasteiger partial charge in [-0.1, -0.05) is 23.2 Å². The monoisotopic (exact) mass is 239 g/mol. The lowest BCUT2D eigenvalue weighted by Gasteiger charge is -2.10. The fourth-order valence-corrected chi connectivity index (χ4v) is 1.55. The number of benzene rings is 1. The van der Waals surface area contributed by atoms with Gasteiger partial charge in [0.15, 0.2) is 0 Å². The Morgan fingerprint density at radius 3 is 2.21 bits per heavy atom. The van der Waals surface area contributed by atoms with E-state index < -0.39 is 22.3 Å². The van der Waals surface area contributed by atoms with Crippen LogP contribution in [0.4, 0.5) is 13.2 Å². The minimum atomic E-state index is -4.65. The largest absolute Gasteiger partial charge is 0.419 e. The van der Waals surface area contributed by atoms with Crippen LogP contribution in [0.3, 0.4) is 0 Å². The van der Waals surface area contributed by atoms with Crippen molar-refractivity contribution in [3.8, 4) is 6.07 Å². The summed E-state index contributed by atoms with van der Waals surface area (Å²) in [6.07, 6.45) is -4.65. The van der Waals surface area contributed by atoms with Crippen LogP contribution in [0.15, 0.2) is 12.1 Å². The smallest absolute Gasteiger partial charge is 0.192 e. The second-order valence-electron chi connectivity index (χ2n) is 2.42. The van der Waals surface area contributed by atoms with Gasteiger partial charge in [-0.3, -0.25) is 0 Å². The molecule has 0 heterocycles. The minimum absolute atomic E-state index is 0.000417. The third-order valence-electron chi connectivity index (χ3n) is 1.46. The summed E-state index contributed by atoms with van der Waals surface area (Å²) in [7, 11) is 0. The van der Waals surface area contributed by atoms with Gasteiger partial charge >= 0.3 is 6.18 Å². The molecule has 1 aromatic rings. The zero-order valence-electron chi connectivity index (χ0n) is 6.49. The molecule has 0 N–H and O–H groups in total. The van der Waals surface area contributed by atoms with E-state index in [-0.39, 0.29) is 5.02 Å². The van der Waals surface area contributed by atoms with Crippen molar-refractivity contribution in [1.82, 2.24) is 0 Å². The first kappa shape index (κ1) is 11.2. The third-order valence-corrected chi connectivity index (χ3v) is 1.98. The molecule has 0 saturated heterocycles. The van der Waals surface area contributed by atoms with Gasteiger partial charge < -0.3 is 0 Å². The topological polar surface area (TPSA) is 23.8 Å². The summed E-state index contributed by atoms with van der Waals surface area (Å²) in [4.78, 5) is 0. The fourth-order valence-electron chi connectivity index (χ4n) is 0.950. The molecule has 0 aliphatic heterocycles. The Balaban J connectivity index is 3.51. The molecule has 6 heteroatoms. The van der Waals surface area contributed by atoms with Crippen molar-refractivity contribution in [3.05, 3.63) is 33.3 Å². The molecule has 0 bridgehead atoms.